The average Bonchev–Trinajstić information content (AvgIpc) is 3.00. The maximum absolute atomic E-state index is 10.5. The van der Waals surface area contributed by atoms with Gasteiger partial charge in [-0.3, -0.25) is 15.1 Å². The van der Waals surface area contributed by atoms with Crippen LogP contribution < -0.4 is 0 Å². The van der Waals surface area contributed by atoms with E-state index in [-0.39, 0.29) is 11.4 Å². The monoisotopic (exact) mass is 206 g/mol. The van der Waals surface area contributed by atoms with E-state index in [9.17, 15) is 15.2 Å². The topological polar surface area (TPSA) is 75.7 Å². The molecule has 0 atom stereocenters. The van der Waals surface area contributed by atoms with Crippen LogP contribution in [0, 0.1) is 10.1 Å². The van der Waals surface area contributed by atoms with E-state index in [0.29, 0.717) is 11.6 Å². The molecule has 1 aromatic carbocycles. The molecule has 1 saturated carbocycles. The third-order valence-corrected chi connectivity index (χ3v) is 2.19. The van der Waals surface area contributed by atoms with Gasteiger partial charge in [0.05, 0.1) is 11.0 Å². The molecule has 0 aromatic heterocycles. The minimum atomic E-state index is -0.492. The van der Waals surface area contributed by atoms with E-state index in [1.807, 2.05) is 0 Å². The first-order valence-corrected chi connectivity index (χ1v) is 4.67. The number of benzene rings is 1. The van der Waals surface area contributed by atoms with Gasteiger partial charge in [-0.15, -0.1) is 0 Å². The maximum Gasteiger partial charge on any atom is 0.270 e. The van der Waals surface area contributed by atoms with Gasteiger partial charge in [-0.25, -0.2) is 0 Å². The molecule has 0 radical (unpaired) electrons. The van der Waals surface area contributed by atoms with E-state index >= 15 is 0 Å². The third kappa shape index (κ3) is 2.31. The molecular formula is C10H10N2O3. The minimum Gasteiger partial charge on any atom is -0.507 e. The number of phenols is 1. The van der Waals surface area contributed by atoms with Gasteiger partial charge in [0.1, 0.15) is 5.75 Å². The predicted octanol–water partition coefficient (Wildman–Crippen LogP) is 1.88. The average molecular weight is 206 g/mol. The number of aliphatic imine (C=N–C) groups is 1. The molecule has 0 saturated heterocycles. The molecule has 0 bridgehead atoms. The smallest absolute Gasteiger partial charge is 0.270 e. The van der Waals surface area contributed by atoms with Crippen LogP contribution in [0.3, 0.4) is 0 Å². The van der Waals surface area contributed by atoms with Crippen molar-refractivity contribution in [3.63, 3.8) is 0 Å². The summed E-state index contributed by atoms with van der Waals surface area (Å²) in [6, 6.07) is 4.24. The first kappa shape index (κ1) is 9.64. The van der Waals surface area contributed by atoms with Crippen molar-refractivity contribution < 1.29 is 10.0 Å². The highest BCUT2D eigenvalue weighted by Gasteiger charge is 2.19. The lowest BCUT2D eigenvalue weighted by molar-refractivity contribution is -0.384. The standard InChI is InChI=1S/C10H10N2O3/c13-10-4-3-9(12(14)15)5-7(10)6-11-8-1-2-8/h3-6,8,13H,1-2H2. The Morgan fingerprint density at radius 1 is 1.53 bits per heavy atom. The van der Waals surface area contributed by atoms with E-state index in [1.54, 1.807) is 0 Å². The molecule has 0 unspecified atom stereocenters. The Morgan fingerprint density at radius 3 is 2.87 bits per heavy atom. The van der Waals surface area contributed by atoms with Crippen molar-refractivity contribution >= 4 is 11.9 Å². The van der Waals surface area contributed by atoms with Gasteiger partial charge in [-0.2, -0.15) is 0 Å². The zero-order chi connectivity index (χ0) is 10.8. The van der Waals surface area contributed by atoms with E-state index in [0.717, 1.165) is 12.8 Å². The first-order chi connectivity index (χ1) is 7.16. The maximum atomic E-state index is 10.5. The zero-order valence-corrected chi connectivity index (χ0v) is 7.96. The van der Waals surface area contributed by atoms with Gasteiger partial charge < -0.3 is 5.11 Å². The second kappa shape index (κ2) is 3.68. The van der Waals surface area contributed by atoms with Gasteiger partial charge >= 0.3 is 0 Å². The van der Waals surface area contributed by atoms with Crippen LogP contribution in [0.5, 0.6) is 5.75 Å². The van der Waals surface area contributed by atoms with Gasteiger partial charge in [-0.05, 0) is 18.9 Å². The predicted molar refractivity (Wildman–Crippen MR) is 55.4 cm³/mol. The van der Waals surface area contributed by atoms with Crippen LogP contribution in [0.2, 0.25) is 0 Å². The third-order valence-electron chi connectivity index (χ3n) is 2.19. The highest BCUT2D eigenvalue weighted by atomic mass is 16.6. The van der Waals surface area contributed by atoms with Crippen molar-refractivity contribution in [3.05, 3.63) is 33.9 Å². The Labute approximate surface area is 86.2 Å². The number of phenolic OH excluding ortho intramolecular Hbond substituents is 1. The Kier molecular flexibility index (Phi) is 2.37. The van der Waals surface area contributed by atoms with Crippen molar-refractivity contribution in [1.82, 2.24) is 0 Å². The Bertz CT molecular complexity index is 425. The number of non-ortho nitro benzene ring substituents is 1. The SMILES string of the molecule is O=[N+]([O-])c1ccc(O)c(C=NC2CC2)c1. The molecular weight excluding hydrogens is 196 g/mol. The van der Waals surface area contributed by atoms with Gasteiger partial charge in [-0.1, -0.05) is 0 Å². The summed E-state index contributed by atoms with van der Waals surface area (Å²) in [5.41, 5.74) is 0.362. The molecule has 0 amide bonds. The van der Waals surface area contributed by atoms with E-state index < -0.39 is 4.92 Å². The highest BCUT2D eigenvalue weighted by Crippen LogP contribution is 2.25. The second-order valence-electron chi connectivity index (χ2n) is 3.51. The van der Waals surface area contributed by atoms with Crippen LogP contribution in [0.25, 0.3) is 0 Å². The molecule has 1 N–H and O–H groups in total. The summed E-state index contributed by atoms with van der Waals surface area (Å²) in [5, 5.41) is 19.9. The molecule has 2 rings (SSSR count). The van der Waals surface area contributed by atoms with Gasteiger partial charge in [0.15, 0.2) is 0 Å². The summed E-state index contributed by atoms with van der Waals surface area (Å²) in [6.45, 7) is 0. The van der Waals surface area contributed by atoms with E-state index in [1.165, 1.54) is 24.4 Å². The molecule has 1 aromatic rings. The molecule has 0 spiro atoms. The fraction of sp³-hybridized carbons (Fsp3) is 0.300. The van der Waals surface area contributed by atoms with Crippen molar-refractivity contribution in [3.8, 4) is 5.75 Å². The van der Waals surface area contributed by atoms with Crippen LogP contribution in [-0.4, -0.2) is 22.3 Å². The summed E-state index contributed by atoms with van der Waals surface area (Å²) < 4.78 is 0. The Balaban J connectivity index is 2.27. The molecule has 78 valence electrons. The summed E-state index contributed by atoms with van der Waals surface area (Å²) in [7, 11) is 0. The van der Waals surface area contributed by atoms with Gasteiger partial charge in [0.2, 0.25) is 0 Å². The Morgan fingerprint density at radius 2 is 2.27 bits per heavy atom. The largest absolute Gasteiger partial charge is 0.507 e. The molecule has 0 aliphatic heterocycles. The zero-order valence-electron chi connectivity index (χ0n) is 7.96. The number of hydrogen-bond acceptors (Lipinski definition) is 4. The summed E-state index contributed by atoms with van der Waals surface area (Å²) in [5.74, 6) is 0.0185. The lowest BCUT2D eigenvalue weighted by Crippen LogP contribution is -1.91. The van der Waals surface area contributed by atoms with Gasteiger partial charge in [0.25, 0.3) is 5.69 Å². The minimum absolute atomic E-state index is 0.0185. The van der Waals surface area contributed by atoms with Crippen molar-refractivity contribution in [2.24, 2.45) is 4.99 Å². The first-order valence-electron chi connectivity index (χ1n) is 4.67. The lowest BCUT2D eigenvalue weighted by Gasteiger charge is -1.98. The van der Waals surface area contributed by atoms with Crippen LogP contribution >= 0.6 is 0 Å². The van der Waals surface area contributed by atoms with E-state index in [4.69, 9.17) is 0 Å². The number of rotatable bonds is 3. The second-order valence-corrected chi connectivity index (χ2v) is 3.51. The normalized spacial score (nSPS) is 15.7. The molecule has 5 nitrogen and oxygen atoms in total. The molecule has 1 fully saturated rings. The van der Waals surface area contributed by atoms with E-state index in [2.05, 4.69) is 4.99 Å². The number of nitrogens with zero attached hydrogens (tertiary/aromatic N) is 2. The van der Waals surface area contributed by atoms with Crippen molar-refractivity contribution in [1.29, 1.82) is 0 Å². The lowest BCUT2D eigenvalue weighted by atomic mass is 10.2. The quantitative estimate of drug-likeness (QED) is 0.466. The van der Waals surface area contributed by atoms with Crippen LogP contribution in [-0.2, 0) is 0 Å². The molecule has 15 heavy (non-hydrogen) atoms. The number of hydrogen-bond donors (Lipinski definition) is 1. The number of aromatic hydroxyl groups is 1. The van der Waals surface area contributed by atoms with Crippen molar-refractivity contribution in [2.75, 3.05) is 0 Å². The summed E-state index contributed by atoms with van der Waals surface area (Å²) >= 11 is 0. The molecule has 1 aliphatic carbocycles. The fourth-order valence-electron chi connectivity index (χ4n) is 1.17. The van der Waals surface area contributed by atoms with Gasteiger partial charge in [0, 0.05) is 23.9 Å². The van der Waals surface area contributed by atoms with Crippen LogP contribution in [0.1, 0.15) is 18.4 Å². The number of nitro groups is 1. The molecule has 5 heteroatoms. The van der Waals surface area contributed by atoms with Crippen LogP contribution in [0.15, 0.2) is 23.2 Å². The fourth-order valence-corrected chi connectivity index (χ4v) is 1.17. The Hall–Kier alpha value is -1.91. The highest BCUT2D eigenvalue weighted by molar-refractivity contribution is 5.84. The van der Waals surface area contributed by atoms with Crippen molar-refractivity contribution in [2.45, 2.75) is 18.9 Å². The number of nitro benzene ring substituents is 1. The summed E-state index contributed by atoms with van der Waals surface area (Å²) in [4.78, 5) is 14.2. The molecule has 0 heterocycles. The van der Waals surface area contributed by atoms with Crippen LogP contribution in [0.4, 0.5) is 5.69 Å². The molecule has 1 aliphatic rings. The summed E-state index contributed by atoms with van der Waals surface area (Å²) in [6.07, 6.45) is 3.62.